The van der Waals surface area contributed by atoms with Gasteiger partial charge in [-0.05, 0) is 50.3 Å². The first-order chi connectivity index (χ1) is 11.2. The molecule has 0 amide bonds. The summed E-state index contributed by atoms with van der Waals surface area (Å²) in [6, 6.07) is 8.65. The van der Waals surface area contributed by atoms with Gasteiger partial charge < -0.3 is 5.32 Å². The van der Waals surface area contributed by atoms with Crippen LogP contribution in [0.5, 0.6) is 0 Å². The number of pyridine rings is 1. The zero-order valence-electron chi connectivity index (χ0n) is 14.3. The third kappa shape index (κ3) is 4.49. The van der Waals surface area contributed by atoms with E-state index in [0.29, 0.717) is 6.42 Å². The van der Waals surface area contributed by atoms with Gasteiger partial charge in [-0.2, -0.15) is 5.26 Å². The molecule has 2 rings (SSSR count). The quantitative estimate of drug-likeness (QED) is 0.842. The van der Waals surface area contributed by atoms with E-state index >= 15 is 0 Å². The van der Waals surface area contributed by atoms with Crippen molar-refractivity contribution >= 4 is 5.71 Å². The minimum atomic E-state index is 0.235. The highest BCUT2D eigenvalue weighted by Gasteiger charge is 2.26. The van der Waals surface area contributed by atoms with E-state index in [0.717, 1.165) is 42.8 Å². The van der Waals surface area contributed by atoms with E-state index in [1.807, 2.05) is 19.2 Å². The Labute approximate surface area is 139 Å². The van der Waals surface area contributed by atoms with Crippen molar-refractivity contribution in [1.29, 1.82) is 5.26 Å². The first-order valence-electron chi connectivity index (χ1n) is 8.42. The van der Waals surface area contributed by atoms with Crippen LogP contribution in [0.4, 0.5) is 0 Å². The van der Waals surface area contributed by atoms with E-state index in [1.54, 1.807) is 0 Å². The molecule has 1 aliphatic rings. The summed E-state index contributed by atoms with van der Waals surface area (Å²) < 4.78 is 0. The van der Waals surface area contributed by atoms with Crippen LogP contribution in [0.1, 0.15) is 57.0 Å². The van der Waals surface area contributed by atoms with Crippen molar-refractivity contribution in [3.8, 4) is 6.07 Å². The number of hydrogen-bond donors (Lipinski definition) is 1. The molecule has 2 heterocycles. The van der Waals surface area contributed by atoms with E-state index in [-0.39, 0.29) is 12.1 Å². The second-order valence-electron chi connectivity index (χ2n) is 6.00. The van der Waals surface area contributed by atoms with Gasteiger partial charge in [-0.15, -0.1) is 0 Å². The molecule has 0 bridgehead atoms. The smallest absolute Gasteiger partial charge is 0.0774 e. The average Bonchev–Trinajstić information content (AvgIpc) is 2.57. The summed E-state index contributed by atoms with van der Waals surface area (Å²) in [5.74, 6) is 0. The van der Waals surface area contributed by atoms with Gasteiger partial charge in [-0.25, -0.2) is 0 Å². The van der Waals surface area contributed by atoms with Crippen LogP contribution < -0.4 is 5.32 Å². The molecule has 1 N–H and O–H groups in total. The maximum atomic E-state index is 8.85. The molecule has 0 saturated carbocycles. The van der Waals surface area contributed by atoms with Crippen LogP contribution in [0.15, 0.2) is 34.8 Å². The molecular weight excluding hydrogens is 284 g/mol. The predicted molar refractivity (Wildman–Crippen MR) is 94.5 cm³/mol. The lowest BCUT2D eigenvalue weighted by atomic mass is 9.90. The van der Waals surface area contributed by atoms with Crippen molar-refractivity contribution in [2.24, 2.45) is 4.99 Å². The molecule has 23 heavy (non-hydrogen) atoms. The zero-order valence-corrected chi connectivity index (χ0v) is 14.3. The molecule has 122 valence electrons. The largest absolute Gasteiger partial charge is 0.300 e. The van der Waals surface area contributed by atoms with Crippen molar-refractivity contribution < 1.29 is 0 Å². The molecule has 1 aromatic rings. The molecule has 1 aromatic heterocycles. The van der Waals surface area contributed by atoms with E-state index in [2.05, 4.69) is 47.4 Å². The van der Waals surface area contributed by atoms with Crippen LogP contribution in [0.3, 0.4) is 0 Å². The SMILES string of the molecule is CC/C=C(/C)C(=NC)C1CCCC(c2cccc(CC#N)n2)N1. The van der Waals surface area contributed by atoms with Crippen molar-refractivity contribution in [1.82, 2.24) is 10.3 Å². The number of nitrogens with zero attached hydrogens (tertiary/aromatic N) is 3. The number of hydrogen-bond acceptors (Lipinski definition) is 4. The highest BCUT2D eigenvalue weighted by molar-refractivity contribution is 6.03. The van der Waals surface area contributed by atoms with Crippen molar-refractivity contribution in [3.05, 3.63) is 41.2 Å². The maximum Gasteiger partial charge on any atom is 0.0774 e. The summed E-state index contributed by atoms with van der Waals surface area (Å²) in [5, 5.41) is 12.6. The second kappa shape index (κ2) is 8.59. The Morgan fingerprint density at radius 3 is 3.00 bits per heavy atom. The van der Waals surface area contributed by atoms with Gasteiger partial charge in [0.1, 0.15) is 0 Å². The number of rotatable bonds is 5. The Bertz CT molecular complexity index is 625. The fourth-order valence-electron chi connectivity index (χ4n) is 3.27. The fourth-order valence-corrected chi connectivity index (χ4v) is 3.27. The predicted octanol–water partition coefficient (Wildman–Crippen LogP) is 3.76. The number of aromatic nitrogens is 1. The van der Waals surface area contributed by atoms with Crippen LogP contribution in [0, 0.1) is 11.3 Å². The summed E-state index contributed by atoms with van der Waals surface area (Å²) in [6.07, 6.45) is 6.97. The minimum Gasteiger partial charge on any atom is -0.300 e. The van der Waals surface area contributed by atoms with Crippen LogP contribution in [-0.4, -0.2) is 23.8 Å². The van der Waals surface area contributed by atoms with Crippen LogP contribution in [0.25, 0.3) is 0 Å². The van der Waals surface area contributed by atoms with Gasteiger partial charge in [0, 0.05) is 19.1 Å². The van der Waals surface area contributed by atoms with Gasteiger partial charge in [-0.3, -0.25) is 9.98 Å². The lowest BCUT2D eigenvalue weighted by Gasteiger charge is -2.32. The molecule has 0 radical (unpaired) electrons. The van der Waals surface area contributed by atoms with Crippen molar-refractivity contribution in [3.63, 3.8) is 0 Å². The zero-order chi connectivity index (χ0) is 16.7. The summed E-state index contributed by atoms with van der Waals surface area (Å²) in [5.41, 5.74) is 4.31. The monoisotopic (exact) mass is 310 g/mol. The molecule has 0 aliphatic carbocycles. The van der Waals surface area contributed by atoms with Crippen molar-refractivity contribution in [2.75, 3.05) is 7.05 Å². The highest BCUT2D eigenvalue weighted by atomic mass is 15.0. The number of aliphatic imine (C=N–C) groups is 1. The van der Waals surface area contributed by atoms with Crippen LogP contribution >= 0.6 is 0 Å². The van der Waals surface area contributed by atoms with E-state index in [9.17, 15) is 0 Å². The molecule has 2 atom stereocenters. The third-order valence-electron chi connectivity index (χ3n) is 4.32. The molecule has 4 nitrogen and oxygen atoms in total. The molecule has 0 aromatic carbocycles. The maximum absolute atomic E-state index is 8.85. The lowest BCUT2D eigenvalue weighted by molar-refractivity contribution is 0.369. The summed E-state index contributed by atoms with van der Waals surface area (Å²) in [7, 11) is 1.87. The lowest BCUT2D eigenvalue weighted by Crippen LogP contribution is -2.43. The van der Waals surface area contributed by atoms with Crippen LogP contribution in [0.2, 0.25) is 0 Å². The molecule has 1 fully saturated rings. The summed E-state index contributed by atoms with van der Waals surface area (Å²) >= 11 is 0. The summed E-state index contributed by atoms with van der Waals surface area (Å²) in [4.78, 5) is 9.18. The van der Waals surface area contributed by atoms with Gasteiger partial charge >= 0.3 is 0 Å². The molecular formula is C19H26N4. The van der Waals surface area contributed by atoms with Gasteiger partial charge in [0.25, 0.3) is 0 Å². The van der Waals surface area contributed by atoms with E-state index in [1.165, 1.54) is 5.57 Å². The molecule has 4 heteroatoms. The Balaban J connectivity index is 2.16. The first-order valence-corrected chi connectivity index (χ1v) is 8.42. The second-order valence-corrected chi connectivity index (χ2v) is 6.00. The Morgan fingerprint density at radius 2 is 2.30 bits per heavy atom. The van der Waals surface area contributed by atoms with Gasteiger partial charge in [0.2, 0.25) is 0 Å². The Hall–Kier alpha value is -1.99. The number of nitriles is 1. The number of piperidine rings is 1. The third-order valence-corrected chi connectivity index (χ3v) is 4.32. The Morgan fingerprint density at radius 1 is 1.48 bits per heavy atom. The van der Waals surface area contributed by atoms with Crippen molar-refractivity contribution in [2.45, 2.75) is 58.0 Å². The molecule has 1 saturated heterocycles. The molecule has 2 unspecified atom stereocenters. The minimum absolute atomic E-state index is 0.235. The number of allylic oxidation sites excluding steroid dienone is 1. The van der Waals surface area contributed by atoms with Crippen LogP contribution in [-0.2, 0) is 6.42 Å². The first kappa shape index (κ1) is 17.4. The molecule has 1 aliphatic heterocycles. The highest BCUT2D eigenvalue weighted by Crippen LogP contribution is 2.26. The average molecular weight is 310 g/mol. The standard InChI is InChI=1S/C19H26N4/c1-4-7-14(2)19(21-3)18-11-6-10-17(23-18)16-9-5-8-15(22-16)12-13-20/h5,7-9,17-18,23H,4,6,10-12H2,1-3H3/b14-7-,21-19?. The topological polar surface area (TPSA) is 61.1 Å². The fraction of sp³-hybridized carbons (Fsp3) is 0.526. The normalized spacial score (nSPS) is 22.7. The summed E-state index contributed by atoms with van der Waals surface area (Å²) in [6.45, 7) is 4.29. The molecule has 0 spiro atoms. The van der Waals surface area contributed by atoms with Gasteiger partial charge in [0.15, 0.2) is 0 Å². The Kier molecular flexibility index (Phi) is 6.49. The van der Waals surface area contributed by atoms with E-state index < -0.39 is 0 Å². The number of nitrogens with one attached hydrogen (secondary N) is 1. The van der Waals surface area contributed by atoms with E-state index in [4.69, 9.17) is 5.26 Å². The van der Waals surface area contributed by atoms with Gasteiger partial charge in [-0.1, -0.05) is 19.1 Å². The van der Waals surface area contributed by atoms with Gasteiger partial charge in [0.05, 0.1) is 29.6 Å².